The number of alkyl halides is 1. The van der Waals surface area contributed by atoms with Crippen LogP contribution < -0.4 is 10.6 Å². The number of nitrogens with one attached hydrogen (secondary N) is 2. The van der Waals surface area contributed by atoms with Crippen LogP contribution in [0.2, 0.25) is 10.0 Å². The van der Waals surface area contributed by atoms with Gasteiger partial charge in [0.2, 0.25) is 0 Å². The average molecular weight is 522 g/mol. The van der Waals surface area contributed by atoms with Gasteiger partial charge in [-0.15, -0.1) is 18.3 Å². The third-order valence-electron chi connectivity index (χ3n) is 5.35. The normalized spacial score (nSPS) is 25.0. The van der Waals surface area contributed by atoms with E-state index in [0.29, 0.717) is 0 Å². The van der Waals surface area contributed by atoms with Gasteiger partial charge in [-0.1, -0.05) is 65.7 Å². The van der Waals surface area contributed by atoms with Gasteiger partial charge in [0.05, 0.1) is 6.04 Å². The van der Waals surface area contributed by atoms with E-state index in [9.17, 15) is 0 Å². The van der Waals surface area contributed by atoms with Gasteiger partial charge >= 0.3 is 0 Å². The van der Waals surface area contributed by atoms with E-state index in [1.54, 1.807) is 11.8 Å². The second-order valence-corrected chi connectivity index (χ2v) is 11.1. The number of benzene rings is 2. The molecule has 2 N–H and O–H groups in total. The first-order valence-corrected chi connectivity index (χ1v) is 12.5. The van der Waals surface area contributed by atoms with E-state index in [1.165, 1.54) is 16.8 Å². The molecule has 2 aromatic rings. The summed E-state index contributed by atoms with van der Waals surface area (Å²) < 4.78 is -0.527. The first-order valence-electron chi connectivity index (χ1n) is 9.93. The molecular weight excluding hydrogens is 499 g/mol. The lowest BCUT2D eigenvalue weighted by molar-refractivity contribution is 0.439. The van der Waals surface area contributed by atoms with Gasteiger partial charge in [-0.3, -0.25) is 5.32 Å². The molecule has 2 atom stereocenters. The van der Waals surface area contributed by atoms with Crippen molar-refractivity contribution in [2.45, 2.75) is 29.2 Å². The van der Waals surface area contributed by atoms with Crippen molar-refractivity contribution in [2.24, 2.45) is 0 Å². The Morgan fingerprint density at radius 1 is 1.10 bits per heavy atom. The second-order valence-electron chi connectivity index (χ2n) is 7.36. The third kappa shape index (κ3) is 4.68. The Morgan fingerprint density at radius 3 is 2.57 bits per heavy atom. The summed E-state index contributed by atoms with van der Waals surface area (Å²) in [5, 5.41) is 9.00. The Labute approximate surface area is 200 Å². The molecule has 0 radical (unpaired) electrons. The van der Waals surface area contributed by atoms with Gasteiger partial charge in [0, 0.05) is 21.5 Å². The van der Waals surface area contributed by atoms with E-state index < -0.39 is 3.90 Å². The van der Waals surface area contributed by atoms with Crippen LogP contribution in [-0.4, -0.2) is 9.66 Å². The van der Waals surface area contributed by atoms with E-state index in [4.69, 9.17) is 23.2 Å². The highest BCUT2D eigenvalue weighted by atomic mass is 79.9. The van der Waals surface area contributed by atoms with Crippen LogP contribution >= 0.6 is 50.9 Å². The molecule has 0 saturated carbocycles. The smallest absolute Gasteiger partial charge is 0.195 e. The zero-order valence-electron chi connectivity index (χ0n) is 16.4. The van der Waals surface area contributed by atoms with Gasteiger partial charge in [0.1, 0.15) is 0 Å². The van der Waals surface area contributed by atoms with Gasteiger partial charge in [0.15, 0.2) is 3.90 Å². The van der Waals surface area contributed by atoms with E-state index in [1.807, 2.05) is 42.5 Å². The van der Waals surface area contributed by atoms with Gasteiger partial charge < -0.3 is 5.32 Å². The van der Waals surface area contributed by atoms with Crippen LogP contribution in [-0.2, 0) is 0 Å². The molecule has 0 spiro atoms. The molecule has 0 amide bonds. The van der Waals surface area contributed by atoms with E-state index in [-0.39, 0.29) is 6.04 Å². The monoisotopic (exact) mass is 520 g/mol. The summed E-state index contributed by atoms with van der Waals surface area (Å²) in [6.45, 7) is 3.87. The first kappa shape index (κ1) is 22.0. The van der Waals surface area contributed by atoms with E-state index in [2.05, 4.69) is 51.4 Å². The predicted octanol–water partition coefficient (Wildman–Crippen LogP) is 7.67. The standard InChI is InChI=1S/C24H23BrCl2N2S/c1-2-14-30-24(25)28-22-17(15-16-8-3-5-12-20(16)26)9-7-11-19(22)23(29-24)18-10-4-6-13-21(18)27/h2-6,8,10,12-13,15,23,28-29H,1,7,9,11,14H2/b17-15-/t23-,24-/m1/s1. The molecule has 2 nitrogen and oxygen atoms in total. The lowest BCUT2D eigenvalue weighted by Crippen LogP contribution is -2.55. The Kier molecular flexibility index (Phi) is 7.01. The van der Waals surface area contributed by atoms with Crippen molar-refractivity contribution in [3.63, 3.8) is 0 Å². The molecule has 1 heterocycles. The number of rotatable bonds is 5. The summed E-state index contributed by atoms with van der Waals surface area (Å²) in [4.78, 5) is 0. The number of allylic oxidation sites excluding steroid dienone is 1. The fourth-order valence-corrected chi connectivity index (χ4v) is 5.98. The highest BCUT2D eigenvalue weighted by molar-refractivity contribution is 9.11. The van der Waals surface area contributed by atoms with Crippen LogP contribution in [0.4, 0.5) is 0 Å². The molecule has 2 aliphatic rings. The molecular formula is C24H23BrCl2N2S. The van der Waals surface area contributed by atoms with Crippen LogP contribution in [0.5, 0.6) is 0 Å². The molecule has 1 aliphatic carbocycles. The lowest BCUT2D eigenvalue weighted by atomic mass is 9.83. The Hall–Kier alpha value is -1.17. The van der Waals surface area contributed by atoms with Crippen molar-refractivity contribution in [2.75, 3.05) is 5.75 Å². The largest absolute Gasteiger partial charge is 0.349 e. The number of halogens is 3. The number of hydrogen-bond donors (Lipinski definition) is 2. The lowest BCUT2D eigenvalue weighted by Gasteiger charge is -2.44. The first-order chi connectivity index (χ1) is 14.5. The number of thioether (sulfide) groups is 1. The zero-order valence-corrected chi connectivity index (χ0v) is 20.3. The summed E-state index contributed by atoms with van der Waals surface area (Å²) in [6, 6.07) is 16.1. The molecule has 1 aliphatic heterocycles. The molecule has 0 aromatic heterocycles. The van der Waals surface area contributed by atoms with Crippen LogP contribution in [0.15, 0.2) is 78.0 Å². The van der Waals surface area contributed by atoms with Crippen LogP contribution in [0.25, 0.3) is 6.08 Å². The summed E-state index contributed by atoms with van der Waals surface area (Å²) >= 11 is 18.7. The van der Waals surface area contributed by atoms with Gasteiger partial charge in [-0.2, -0.15) is 0 Å². The Balaban J connectivity index is 1.82. The van der Waals surface area contributed by atoms with Gasteiger partial charge in [0.25, 0.3) is 0 Å². The van der Waals surface area contributed by atoms with Crippen LogP contribution in [0.3, 0.4) is 0 Å². The quantitative estimate of drug-likeness (QED) is 0.239. The Bertz CT molecular complexity index is 1020. The van der Waals surface area contributed by atoms with Gasteiger partial charge in [-0.25, -0.2) is 0 Å². The zero-order chi connectivity index (χ0) is 21.1. The summed E-state index contributed by atoms with van der Waals surface area (Å²) in [5.41, 5.74) is 5.91. The maximum atomic E-state index is 6.62. The third-order valence-corrected chi connectivity index (χ3v) is 8.17. The highest BCUT2D eigenvalue weighted by Gasteiger charge is 2.40. The molecule has 4 rings (SSSR count). The maximum absolute atomic E-state index is 6.62. The Morgan fingerprint density at radius 2 is 1.83 bits per heavy atom. The van der Waals surface area contributed by atoms with Crippen molar-refractivity contribution in [3.8, 4) is 0 Å². The minimum absolute atomic E-state index is 0.0154. The van der Waals surface area contributed by atoms with Crippen molar-refractivity contribution < 1.29 is 0 Å². The molecule has 30 heavy (non-hydrogen) atoms. The summed E-state index contributed by atoms with van der Waals surface area (Å²) in [7, 11) is 0. The minimum Gasteiger partial charge on any atom is -0.349 e. The topological polar surface area (TPSA) is 24.1 Å². The highest BCUT2D eigenvalue weighted by Crippen LogP contribution is 2.46. The molecule has 0 unspecified atom stereocenters. The van der Waals surface area contributed by atoms with Crippen molar-refractivity contribution in [3.05, 3.63) is 99.2 Å². The van der Waals surface area contributed by atoms with Crippen LogP contribution in [0, 0.1) is 0 Å². The second kappa shape index (κ2) is 9.54. The van der Waals surface area contributed by atoms with E-state index >= 15 is 0 Å². The molecule has 156 valence electrons. The SMILES string of the molecule is C=CCS[C@]1(Br)NC2=C(CCC/C2=C/c2ccccc2Cl)[C@@H](c2ccccc2Cl)N1. The summed E-state index contributed by atoms with van der Waals surface area (Å²) in [6.07, 6.45) is 7.23. The molecule has 2 aromatic carbocycles. The fourth-order valence-electron chi connectivity index (χ4n) is 3.99. The van der Waals surface area contributed by atoms with Crippen LogP contribution in [0.1, 0.15) is 36.4 Å². The van der Waals surface area contributed by atoms with Crippen molar-refractivity contribution in [1.29, 1.82) is 0 Å². The van der Waals surface area contributed by atoms with Crippen molar-refractivity contribution in [1.82, 2.24) is 10.6 Å². The molecule has 0 fully saturated rings. The molecule has 0 saturated heterocycles. The van der Waals surface area contributed by atoms with Gasteiger partial charge in [-0.05, 0) is 75.7 Å². The fraction of sp³-hybridized carbons (Fsp3) is 0.250. The molecule has 6 heteroatoms. The van der Waals surface area contributed by atoms with Crippen molar-refractivity contribution >= 4 is 57.0 Å². The predicted molar refractivity (Wildman–Crippen MR) is 135 cm³/mol. The maximum Gasteiger partial charge on any atom is 0.195 e. The molecule has 0 bridgehead atoms. The number of hydrogen-bond acceptors (Lipinski definition) is 3. The minimum atomic E-state index is -0.527. The average Bonchev–Trinajstić information content (AvgIpc) is 2.74. The van der Waals surface area contributed by atoms with E-state index in [0.717, 1.165) is 46.2 Å². The summed E-state index contributed by atoms with van der Waals surface area (Å²) in [5.74, 6) is 0.798.